The molecular formula is C12H13N7O2. The Morgan fingerprint density at radius 3 is 2.81 bits per heavy atom. The fourth-order valence-corrected chi connectivity index (χ4v) is 2.49. The van der Waals surface area contributed by atoms with Crippen LogP contribution in [0.15, 0.2) is 6.20 Å². The maximum atomic E-state index is 10.8. The molecule has 108 valence electrons. The number of aryl methyl sites for hydroxylation is 2. The summed E-state index contributed by atoms with van der Waals surface area (Å²) in [6.07, 6.45) is 1.42. The van der Waals surface area contributed by atoms with E-state index in [2.05, 4.69) is 21.5 Å². The molecule has 3 rings (SSSR count). The lowest BCUT2D eigenvalue weighted by atomic mass is 10.1. The first-order valence-electron chi connectivity index (χ1n) is 6.35. The van der Waals surface area contributed by atoms with Gasteiger partial charge in [-0.15, -0.1) is 5.10 Å². The van der Waals surface area contributed by atoms with Gasteiger partial charge in [-0.2, -0.15) is 10.4 Å². The van der Waals surface area contributed by atoms with Crippen molar-refractivity contribution in [2.75, 3.05) is 18.0 Å². The quantitative estimate of drug-likeness (QED) is 0.842. The summed E-state index contributed by atoms with van der Waals surface area (Å²) in [7, 11) is 1.80. The minimum Gasteiger partial charge on any atom is -0.476 e. The third kappa shape index (κ3) is 2.01. The summed E-state index contributed by atoms with van der Waals surface area (Å²) in [5, 5.41) is 29.7. The number of carboxylic acid groups (broad SMARTS) is 1. The summed E-state index contributed by atoms with van der Waals surface area (Å²) in [6, 6.07) is 2.22. The van der Waals surface area contributed by atoms with E-state index in [4.69, 9.17) is 5.11 Å². The highest BCUT2D eigenvalue weighted by atomic mass is 16.4. The second kappa shape index (κ2) is 4.59. The first kappa shape index (κ1) is 13.1. The van der Waals surface area contributed by atoms with Crippen molar-refractivity contribution in [3.05, 3.63) is 23.1 Å². The van der Waals surface area contributed by atoms with Crippen molar-refractivity contribution in [1.29, 1.82) is 5.26 Å². The number of carbonyl (C=O) groups is 1. The maximum absolute atomic E-state index is 10.8. The van der Waals surface area contributed by atoms with Crippen LogP contribution in [0.5, 0.6) is 0 Å². The predicted octanol–water partition coefficient (Wildman–Crippen LogP) is -0.0488. The molecule has 21 heavy (non-hydrogen) atoms. The lowest BCUT2D eigenvalue weighted by molar-refractivity contribution is 0.0690. The van der Waals surface area contributed by atoms with Crippen LogP contribution in [-0.4, -0.2) is 48.9 Å². The van der Waals surface area contributed by atoms with Crippen LogP contribution >= 0.6 is 0 Å². The van der Waals surface area contributed by atoms with Crippen LogP contribution in [0.2, 0.25) is 0 Å². The normalized spacial score (nSPS) is 14.8. The second-order valence-corrected chi connectivity index (χ2v) is 4.97. The van der Waals surface area contributed by atoms with Crippen molar-refractivity contribution in [2.45, 2.75) is 13.0 Å². The molecule has 0 atom stereocenters. The highest BCUT2D eigenvalue weighted by molar-refractivity contribution is 5.84. The van der Waals surface area contributed by atoms with E-state index in [0.29, 0.717) is 24.3 Å². The lowest BCUT2D eigenvalue weighted by Crippen LogP contribution is -2.49. The minimum absolute atomic E-state index is 0.0485. The Morgan fingerprint density at radius 1 is 1.52 bits per heavy atom. The van der Waals surface area contributed by atoms with E-state index in [9.17, 15) is 10.1 Å². The molecule has 0 saturated carbocycles. The van der Waals surface area contributed by atoms with Crippen molar-refractivity contribution >= 4 is 11.8 Å². The van der Waals surface area contributed by atoms with Gasteiger partial charge in [-0.1, -0.05) is 5.21 Å². The first-order valence-corrected chi connectivity index (χ1v) is 6.35. The fraction of sp³-hybridized carbons (Fsp3) is 0.417. The Balaban J connectivity index is 1.76. The van der Waals surface area contributed by atoms with Gasteiger partial charge in [-0.05, 0) is 6.92 Å². The molecule has 1 aliphatic rings. The van der Waals surface area contributed by atoms with Gasteiger partial charge in [0.25, 0.3) is 0 Å². The first-order chi connectivity index (χ1) is 10.0. The summed E-state index contributed by atoms with van der Waals surface area (Å²) < 4.78 is 3.24. The summed E-state index contributed by atoms with van der Waals surface area (Å²) in [5.74, 6) is -0.309. The predicted molar refractivity (Wildman–Crippen MR) is 70.9 cm³/mol. The molecular weight excluding hydrogens is 274 g/mol. The van der Waals surface area contributed by atoms with E-state index >= 15 is 0 Å². The molecule has 1 aliphatic heterocycles. The number of nitriles is 1. The third-order valence-electron chi connectivity index (χ3n) is 3.57. The number of hydrogen-bond acceptors (Lipinski definition) is 6. The van der Waals surface area contributed by atoms with Crippen molar-refractivity contribution in [1.82, 2.24) is 24.8 Å². The van der Waals surface area contributed by atoms with Gasteiger partial charge in [-0.25, -0.2) is 9.48 Å². The molecule has 0 bridgehead atoms. The molecule has 3 heterocycles. The van der Waals surface area contributed by atoms with E-state index in [-0.39, 0.29) is 11.7 Å². The fourth-order valence-electron chi connectivity index (χ4n) is 2.49. The Morgan fingerprint density at radius 2 is 2.24 bits per heavy atom. The molecule has 2 aromatic rings. The lowest BCUT2D eigenvalue weighted by Gasteiger charge is -2.40. The summed E-state index contributed by atoms with van der Waals surface area (Å²) in [6.45, 7) is 3.07. The Labute approximate surface area is 120 Å². The molecule has 1 N–H and O–H groups in total. The van der Waals surface area contributed by atoms with Crippen LogP contribution in [0.25, 0.3) is 0 Å². The SMILES string of the molecule is Cc1nn(C)c(N2CC(n3cc(C(=O)O)nn3)C2)c1C#N. The van der Waals surface area contributed by atoms with Crippen LogP contribution in [0, 0.1) is 18.3 Å². The standard InChI is InChI=1S/C12H13N7O2/c1-7-9(3-13)11(17(2)15-7)18-4-8(5-18)19-6-10(12(20)21)14-16-19/h6,8H,4-5H2,1-2H3,(H,20,21). The number of hydrogen-bond donors (Lipinski definition) is 1. The Hall–Kier alpha value is -2.89. The summed E-state index contributed by atoms with van der Waals surface area (Å²) in [5.41, 5.74) is 1.20. The average molecular weight is 287 g/mol. The topological polar surface area (TPSA) is 113 Å². The smallest absolute Gasteiger partial charge is 0.358 e. The average Bonchev–Trinajstić information content (AvgIpc) is 2.94. The van der Waals surface area contributed by atoms with Crippen LogP contribution in [0.4, 0.5) is 5.82 Å². The van der Waals surface area contributed by atoms with Crippen LogP contribution in [0.3, 0.4) is 0 Å². The van der Waals surface area contributed by atoms with Crippen molar-refractivity contribution in [3.63, 3.8) is 0 Å². The zero-order valence-electron chi connectivity index (χ0n) is 11.6. The van der Waals surface area contributed by atoms with E-state index < -0.39 is 5.97 Å². The number of aromatic carboxylic acids is 1. The second-order valence-electron chi connectivity index (χ2n) is 4.97. The van der Waals surface area contributed by atoms with E-state index in [0.717, 1.165) is 5.82 Å². The van der Waals surface area contributed by atoms with Crippen molar-refractivity contribution < 1.29 is 9.90 Å². The maximum Gasteiger partial charge on any atom is 0.358 e. The number of aromatic nitrogens is 5. The Kier molecular flexibility index (Phi) is 2.86. The summed E-state index contributed by atoms with van der Waals surface area (Å²) >= 11 is 0. The van der Waals surface area contributed by atoms with Gasteiger partial charge in [0.2, 0.25) is 0 Å². The molecule has 1 fully saturated rings. The molecule has 9 heteroatoms. The molecule has 9 nitrogen and oxygen atoms in total. The van der Waals surface area contributed by atoms with E-state index in [1.165, 1.54) is 6.20 Å². The molecule has 0 unspecified atom stereocenters. The van der Waals surface area contributed by atoms with Gasteiger partial charge in [0.15, 0.2) is 5.69 Å². The number of carboxylic acids is 1. The molecule has 0 spiro atoms. The van der Waals surface area contributed by atoms with Crippen LogP contribution in [0.1, 0.15) is 27.8 Å². The van der Waals surface area contributed by atoms with Gasteiger partial charge < -0.3 is 10.0 Å². The van der Waals surface area contributed by atoms with Crippen molar-refractivity contribution in [3.8, 4) is 6.07 Å². The molecule has 1 saturated heterocycles. The molecule has 0 radical (unpaired) electrons. The zero-order chi connectivity index (χ0) is 15.1. The largest absolute Gasteiger partial charge is 0.476 e. The van der Waals surface area contributed by atoms with Gasteiger partial charge in [-0.3, -0.25) is 4.68 Å². The molecule has 2 aromatic heterocycles. The highest BCUT2D eigenvalue weighted by Crippen LogP contribution is 2.30. The van der Waals surface area contributed by atoms with E-state index in [1.54, 1.807) is 23.3 Å². The number of anilines is 1. The van der Waals surface area contributed by atoms with E-state index in [1.807, 2.05) is 4.90 Å². The monoisotopic (exact) mass is 287 g/mol. The third-order valence-corrected chi connectivity index (χ3v) is 3.57. The molecule has 0 aromatic carbocycles. The summed E-state index contributed by atoms with van der Waals surface area (Å²) in [4.78, 5) is 12.8. The van der Waals surface area contributed by atoms with Gasteiger partial charge in [0.05, 0.1) is 17.9 Å². The molecule has 0 aliphatic carbocycles. The zero-order valence-corrected chi connectivity index (χ0v) is 11.6. The van der Waals surface area contributed by atoms with Crippen LogP contribution in [-0.2, 0) is 7.05 Å². The minimum atomic E-state index is -1.09. The van der Waals surface area contributed by atoms with Gasteiger partial charge in [0.1, 0.15) is 17.5 Å². The molecule has 0 amide bonds. The van der Waals surface area contributed by atoms with Gasteiger partial charge in [0, 0.05) is 20.1 Å². The highest BCUT2D eigenvalue weighted by Gasteiger charge is 2.33. The van der Waals surface area contributed by atoms with Crippen molar-refractivity contribution in [2.24, 2.45) is 7.05 Å². The number of nitrogens with zero attached hydrogens (tertiary/aromatic N) is 7. The van der Waals surface area contributed by atoms with Gasteiger partial charge >= 0.3 is 5.97 Å². The number of rotatable bonds is 3. The van der Waals surface area contributed by atoms with Crippen LogP contribution < -0.4 is 4.90 Å². The Bertz CT molecular complexity index is 748.